The zero-order valence-corrected chi connectivity index (χ0v) is 10.5. The second kappa shape index (κ2) is 5.12. The van der Waals surface area contributed by atoms with Gasteiger partial charge in [0.25, 0.3) is 0 Å². The van der Waals surface area contributed by atoms with Gasteiger partial charge in [0.1, 0.15) is 10.4 Å². The normalized spacial score (nSPS) is 10.4. The van der Waals surface area contributed by atoms with Crippen molar-refractivity contribution in [2.24, 2.45) is 0 Å². The van der Waals surface area contributed by atoms with Gasteiger partial charge in [0, 0.05) is 0 Å². The smallest absolute Gasteiger partial charge is 0.148 e. The predicted molar refractivity (Wildman–Crippen MR) is 64.4 cm³/mol. The van der Waals surface area contributed by atoms with Gasteiger partial charge in [0.05, 0.1) is 19.3 Å². The monoisotopic (exact) mass is 281 g/mol. The van der Waals surface area contributed by atoms with Crippen molar-refractivity contribution in [1.82, 2.24) is 15.0 Å². The molecule has 4 nitrogen and oxygen atoms in total. The quantitative estimate of drug-likeness (QED) is 0.865. The molecule has 0 aliphatic carbocycles. The van der Waals surface area contributed by atoms with E-state index in [-0.39, 0.29) is 0 Å². The lowest BCUT2D eigenvalue weighted by atomic mass is 10.2. The van der Waals surface area contributed by atoms with E-state index in [2.05, 4.69) is 26.1 Å². The van der Waals surface area contributed by atoms with Crippen LogP contribution in [0.15, 0.2) is 35.1 Å². The summed E-state index contributed by atoms with van der Waals surface area (Å²) in [7, 11) is 0. The van der Waals surface area contributed by atoms with E-state index in [0.717, 1.165) is 15.9 Å². The molecule has 2 rings (SSSR count). The highest BCUT2D eigenvalue weighted by Crippen LogP contribution is 2.12. The highest BCUT2D eigenvalue weighted by molar-refractivity contribution is 9.10. The van der Waals surface area contributed by atoms with Crippen LogP contribution in [0, 0.1) is 0 Å². The van der Waals surface area contributed by atoms with Crippen LogP contribution in [0.3, 0.4) is 0 Å². The molecule has 0 aliphatic rings. The first-order valence-electron chi connectivity index (χ1n) is 5.05. The molecule has 0 saturated carbocycles. The molecule has 84 valence electrons. The van der Waals surface area contributed by atoms with Gasteiger partial charge in [-0.3, -0.25) is 0 Å². The summed E-state index contributed by atoms with van der Waals surface area (Å²) in [4.78, 5) is 1.64. The maximum Gasteiger partial charge on any atom is 0.148 e. The van der Waals surface area contributed by atoms with Gasteiger partial charge in [-0.15, -0.1) is 5.10 Å². The molecular formula is C11H12BrN3O. The van der Waals surface area contributed by atoms with Crippen LogP contribution in [0.5, 0.6) is 5.75 Å². The molecule has 2 aromatic rings. The van der Waals surface area contributed by atoms with Crippen LogP contribution in [-0.4, -0.2) is 21.6 Å². The largest absolute Gasteiger partial charge is 0.494 e. The van der Waals surface area contributed by atoms with Crippen molar-refractivity contribution in [3.63, 3.8) is 0 Å². The van der Waals surface area contributed by atoms with Gasteiger partial charge in [-0.05, 0) is 40.5 Å². The first-order valence-corrected chi connectivity index (χ1v) is 5.84. The van der Waals surface area contributed by atoms with Crippen LogP contribution in [-0.2, 0) is 6.54 Å². The molecule has 0 atom stereocenters. The molecule has 0 bridgehead atoms. The van der Waals surface area contributed by atoms with E-state index in [1.54, 1.807) is 11.0 Å². The fourth-order valence-corrected chi connectivity index (χ4v) is 1.65. The van der Waals surface area contributed by atoms with Gasteiger partial charge in [-0.1, -0.05) is 12.1 Å². The highest BCUT2D eigenvalue weighted by atomic mass is 79.9. The Morgan fingerprint density at radius 2 is 2.06 bits per heavy atom. The number of hydrogen-bond donors (Lipinski definition) is 0. The Labute approximate surface area is 102 Å². The molecule has 1 aromatic heterocycles. The van der Waals surface area contributed by atoms with Crippen LogP contribution < -0.4 is 4.74 Å². The summed E-state index contributed by atoms with van der Waals surface area (Å²) < 4.78 is 6.12. The zero-order valence-electron chi connectivity index (χ0n) is 8.93. The molecule has 0 saturated heterocycles. The molecule has 0 aliphatic heterocycles. The van der Waals surface area contributed by atoms with Crippen molar-refractivity contribution >= 4 is 15.9 Å². The molecule has 1 heterocycles. The fraction of sp³-hybridized carbons (Fsp3) is 0.273. The highest BCUT2D eigenvalue weighted by Gasteiger charge is 1.99. The topological polar surface area (TPSA) is 39.9 Å². The van der Waals surface area contributed by atoms with Crippen molar-refractivity contribution in [2.45, 2.75) is 13.5 Å². The van der Waals surface area contributed by atoms with E-state index in [4.69, 9.17) is 4.74 Å². The Bertz CT molecular complexity index is 453. The number of nitrogens with zero attached hydrogens (tertiary/aromatic N) is 3. The summed E-state index contributed by atoms with van der Waals surface area (Å²) >= 11 is 3.26. The predicted octanol–water partition coefficient (Wildman–Crippen LogP) is 2.49. The van der Waals surface area contributed by atoms with Crippen molar-refractivity contribution in [3.05, 3.63) is 40.6 Å². The van der Waals surface area contributed by atoms with Crippen LogP contribution in [0.4, 0.5) is 0 Å². The lowest BCUT2D eigenvalue weighted by Crippen LogP contribution is -2.03. The molecule has 5 heteroatoms. The maximum absolute atomic E-state index is 5.37. The number of aromatic nitrogens is 3. The Morgan fingerprint density at radius 1 is 1.31 bits per heavy atom. The van der Waals surface area contributed by atoms with E-state index in [1.165, 1.54) is 0 Å². The van der Waals surface area contributed by atoms with Crippen LogP contribution in [0.25, 0.3) is 0 Å². The minimum Gasteiger partial charge on any atom is -0.494 e. The van der Waals surface area contributed by atoms with E-state index >= 15 is 0 Å². The van der Waals surface area contributed by atoms with Gasteiger partial charge in [0.2, 0.25) is 0 Å². The van der Waals surface area contributed by atoms with Gasteiger partial charge in [-0.25, -0.2) is 0 Å². The summed E-state index contributed by atoms with van der Waals surface area (Å²) in [5, 5.41) is 8.25. The standard InChI is InChI=1S/C11H12BrN3O/c1-2-16-10-5-3-9(4-6-10)8-15-13-7-11(12)14-15/h3-7H,2,8H2,1H3. The molecule has 0 unspecified atom stereocenters. The summed E-state index contributed by atoms with van der Waals surface area (Å²) in [5.41, 5.74) is 1.14. The second-order valence-corrected chi connectivity index (χ2v) is 4.09. The Morgan fingerprint density at radius 3 is 2.62 bits per heavy atom. The molecule has 0 amide bonds. The first-order chi connectivity index (χ1) is 7.78. The van der Waals surface area contributed by atoms with Gasteiger partial charge in [-0.2, -0.15) is 9.90 Å². The Balaban J connectivity index is 2.05. The SMILES string of the molecule is CCOc1ccc(Cn2ncc(Br)n2)cc1. The Kier molecular flexibility index (Phi) is 3.56. The van der Waals surface area contributed by atoms with E-state index in [1.807, 2.05) is 31.2 Å². The Hall–Kier alpha value is -1.36. The zero-order chi connectivity index (χ0) is 11.4. The van der Waals surface area contributed by atoms with Gasteiger partial charge < -0.3 is 4.74 Å². The molecule has 0 fully saturated rings. The molecule has 0 radical (unpaired) electrons. The number of benzene rings is 1. The van der Waals surface area contributed by atoms with Crippen LogP contribution in [0.1, 0.15) is 12.5 Å². The van der Waals surface area contributed by atoms with Gasteiger partial charge >= 0.3 is 0 Å². The van der Waals surface area contributed by atoms with Crippen LogP contribution in [0.2, 0.25) is 0 Å². The van der Waals surface area contributed by atoms with Crippen molar-refractivity contribution < 1.29 is 4.74 Å². The van der Waals surface area contributed by atoms with Gasteiger partial charge in [0.15, 0.2) is 0 Å². The lowest BCUT2D eigenvalue weighted by Gasteiger charge is -2.04. The molecular weight excluding hydrogens is 270 g/mol. The molecule has 16 heavy (non-hydrogen) atoms. The van der Waals surface area contributed by atoms with Crippen LogP contribution >= 0.6 is 15.9 Å². The summed E-state index contributed by atoms with van der Waals surface area (Å²) in [5.74, 6) is 0.890. The first kappa shape index (κ1) is 11.1. The maximum atomic E-state index is 5.37. The van der Waals surface area contributed by atoms with E-state index in [9.17, 15) is 0 Å². The molecule has 1 aromatic carbocycles. The van der Waals surface area contributed by atoms with E-state index < -0.39 is 0 Å². The minimum atomic E-state index is 0.665. The van der Waals surface area contributed by atoms with Crippen molar-refractivity contribution in [2.75, 3.05) is 6.61 Å². The van der Waals surface area contributed by atoms with E-state index in [0.29, 0.717) is 13.2 Å². The summed E-state index contributed by atoms with van der Waals surface area (Å²) in [6.45, 7) is 3.32. The second-order valence-electron chi connectivity index (χ2n) is 3.27. The third-order valence-electron chi connectivity index (χ3n) is 2.07. The summed E-state index contributed by atoms with van der Waals surface area (Å²) in [6, 6.07) is 7.94. The van der Waals surface area contributed by atoms with Crippen molar-refractivity contribution in [3.8, 4) is 5.75 Å². The average molecular weight is 282 g/mol. The third kappa shape index (κ3) is 2.82. The third-order valence-corrected chi connectivity index (χ3v) is 2.43. The fourth-order valence-electron chi connectivity index (χ4n) is 1.37. The molecule has 0 spiro atoms. The number of hydrogen-bond acceptors (Lipinski definition) is 3. The molecule has 0 N–H and O–H groups in total. The minimum absolute atomic E-state index is 0.665. The number of ether oxygens (including phenoxy) is 1. The summed E-state index contributed by atoms with van der Waals surface area (Å²) in [6.07, 6.45) is 1.68. The number of halogens is 1. The number of rotatable bonds is 4. The average Bonchev–Trinajstić information content (AvgIpc) is 2.67. The lowest BCUT2D eigenvalue weighted by molar-refractivity contribution is 0.340. The van der Waals surface area contributed by atoms with Crippen molar-refractivity contribution in [1.29, 1.82) is 0 Å².